The number of nitrogens with zero attached hydrogens (tertiary/aromatic N) is 4. The van der Waals surface area contributed by atoms with Gasteiger partial charge in [0.05, 0.1) is 30.7 Å². The maximum atomic E-state index is 13.5. The second kappa shape index (κ2) is 12.1. The molecule has 2 aromatic carbocycles. The number of ether oxygens (including phenoxy) is 1. The number of hydrogen-bond donors (Lipinski definition) is 0. The topological polar surface area (TPSA) is 52.3 Å². The lowest BCUT2D eigenvalue weighted by molar-refractivity contribution is 0.0745. The fraction of sp³-hybridized carbons (Fsp3) is 0.357. The van der Waals surface area contributed by atoms with Crippen molar-refractivity contribution in [3.05, 3.63) is 78.6 Å². The van der Waals surface area contributed by atoms with Crippen molar-refractivity contribution in [2.24, 2.45) is 0 Å². The summed E-state index contributed by atoms with van der Waals surface area (Å²) in [4.78, 5) is 19.6. The van der Waals surface area contributed by atoms with E-state index in [1.54, 1.807) is 12.0 Å². The molecule has 0 saturated carbocycles. The summed E-state index contributed by atoms with van der Waals surface area (Å²) in [5, 5.41) is 2.30. The lowest BCUT2D eigenvalue weighted by Gasteiger charge is -2.17. The monoisotopic (exact) mass is 490 g/mol. The average molecular weight is 491 g/mol. The van der Waals surface area contributed by atoms with Crippen LogP contribution in [-0.4, -0.2) is 63.7 Å². The molecule has 0 saturated heterocycles. The first-order chi connectivity index (χ1) is 17.1. The molecule has 0 radical (unpaired) electrons. The van der Waals surface area contributed by atoms with Crippen molar-refractivity contribution in [1.29, 1.82) is 0 Å². The van der Waals surface area contributed by atoms with Gasteiger partial charge in [-0.3, -0.25) is 4.79 Å². The third-order valence-electron chi connectivity index (χ3n) is 6.20. The van der Waals surface area contributed by atoms with E-state index in [4.69, 9.17) is 4.74 Å². The molecule has 2 heterocycles. The molecule has 184 valence electrons. The molecule has 0 aliphatic rings. The van der Waals surface area contributed by atoms with Crippen LogP contribution in [0.15, 0.2) is 67.4 Å². The second-order valence-corrected chi connectivity index (χ2v) is 10.0. The Bertz CT molecular complexity index is 1260. The Morgan fingerprint density at radius 2 is 1.94 bits per heavy atom. The normalized spacial score (nSPS) is 11.3. The third-order valence-corrected chi connectivity index (χ3v) is 7.19. The summed E-state index contributed by atoms with van der Waals surface area (Å²) in [7, 11) is 3.48. The predicted octanol–water partition coefficient (Wildman–Crippen LogP) is 5.41. The van der Waals surface area contributed by atoms with Gasteiger partial charge < -0.3 is 18.8 Å². The van der Waals surface area contributed by atoms with Crippen LogP contribution in [0.3, 0.4) is 0 Å². The zero-order valence-corrected chi connectivity index (χ0v) is 21.6. The number of benzene rings is 2. The largest absolute Gasteiger partial charge is 0.383 e. The maximum Gasteiger partial charge on any atom is 0.255 e. The molecule has 6 nitrogen and oxygen atoms in total. The van der Waals surface area contributed by atoms with Crippen molar-refractivity contribution in [2.45, 2.75) is 26.4 Å². The highest BCUT2D eigenvalue weighted by Crippen LogP contribution is 2.32. The van der Waals surface area contributed by atoms with E-state index in [-0.39, 0.29) is 5.91 Å². The average Bonchev–Trinajstić information content (AvgIpc) is 3.51. The van der Waals surface area contributed by atoms with Crippen LogP contribution in [0.5, 0.6) is 0 Å². The Morgan fingerprint density at radius 3 is 2.77 bits per heavy atom. The van der Waals surface area contributed by atoms with Crippen LogP contribution < -0.4 is 0 Å². The number of amides is 1. The van der Waals surface area contributed by atoms with E-state index in [2.05, 4.69) is 57.6 Å². The zero-order chi connectivity index (χ0) is 24.6. The van der Waals surface area contributed by atoms with Gasteiger partial charge >= 0.3 is 0 Å². The summed E-state index contributed by atoms with van der Waals surface area (Å²) < 4.78 is 9.53. The molecule has 0 unspecified atom stereocenters. The van der Waals surface area contributed by atoms with E-state index >= 15 is 0 Å². The standard InChI is InChI=1S/C28H34N4O2S/c1-4-35-16-8-13-32-21-29-17-23(32)18-31-19-26(27(20-31)28(33)30(2)14-15-34-3)25-12-7-10-22-9-5-6-11-24(22)25/h5-7,9-12,17,19-21H,4,8,13-16,18H2,1-3H3. The Kier molecular flexibility index (Phi) is 8.66. The fourth-order valence-electron chi connectivity index (χ4n) is 4.33. The van der Waals surface area contributed by atoms with E-state index in [0.29, 0.717) is 25.3 Å². The molecule has 0 fully saturated rings. The highest BCUT2D eigenvalue weighted by molar-refractivity contribution is 7.99. The number of fused-ring (bicyclic) bond motifs is 1. The van der Waals surface area contributed by atoms with Crippen LogP contribution in [0.2, 0.25) is 0 Å². The molecule has 35 heavy (non-hydrogen) atoms. The van der Waals surface area contributed by atoms with E-state index < -0.39 is 0 Å². The molecule has 7 heteroatoms. The number of aryl methyl sites for hydroxylation is 1. The van der Waals surface area contributed by atoms with Gasteiger partial charge in [-0.25, -0.2) is 4.98 Å². The number of thioether (sulfide) groups is 1. The van der Waals surface area contributed by atoms with Crippen LogP contribution in [-0.2, 0) is 17.8 Å². The quantitative estimate of drug-likeness (QED) is 0.249. The number of hydrogen-bond acceptors (Lipinski definition) is 4. The first-order valence-corrected chi connectivity index (χ1v) is 13.3. The van der Waals surface area contributed by atoms with Gasteiger partial charge in [0.15, 0.2) is 0 Å². The molecule has 0 atom stereocenters. The van der Waals surface area contributed by atoms with Crippen molar-refractivity contribution in [1.82, 2.24) is 19.0 Å². The number of carbonyl (C=O) groups excluding carboxylic acids is 1. The number of carbonyl (C=O) groups is 1. The summed E-state index contributed by atoms with van der Waals surface area (Å²) >= 11 is 1.96. The van der Waals surface area contributed by atoms with Crippen LogP contribution in [0, 0.1) is 0 Å². The van der Waals surface area contributed by atoms with Crippen molar-refractivity contribution in [3.63, 3.8) is 0 Å². The SMILES string of the molecule is CCSCCCn1cncc1Cn1cc(C(=O)N(C)CCOC)c(-c2cccc3ccccc23)c1. The van der Waals surface area contributed by atoms with Gasteiger partial charge in [0.2, 0.25) is 0 Å². The summed E-state index contributed by atoms with van der Waals surface area (Å²) in [6, 6.07) is 14.6. The molecule has 0 bridgehead atoms. The van der Waals surface area contributed by atoms with E-state index in [0.717, 1.165) is 52.1 Å². The fourth-order valence-corrected chi connectivity index (χ4v) is 4.95. The summed E-state index contributed by atoms with van der Waals surface area (Å²) in [6.07, 6.45) is 9.03. The molecule has 2 aromatic heterocycles. The van der Waals surface area contributed by atoms with Crippen molar-refractivity contribution < 1.29 is 9.53 Å². The second-order valence-electron chi connectivity index (χ2n) is 8.63. The van der Waals surface area contributed by atoms with Gasteiger partial charge in [0.1, 0.15) is 0 Å². The van der Waals surface area contributed by atoms with Gasteiger partial charge in [0.25, 0.3) is 5.91 Å². The molecule has 0 spiro atoms. The summed E-state index contributed by atoms with van der Waals surface area (Å²) in [6.45, 7) is 4.84. The van der Waals surface area contributed by atoms with Crippen molar-refractivity contribution in [2.75, 3.05) is 38.8 Å². The third kappa shape index (κ3) is 5.97. The molecule has 4 aromatic rings. The number of likely N-dealkylation sites (N-methyl/N-ethyl adjacent to an activating group) is 1. The number of aromatic nitrogens is 3. The summed E-state index contributed by atoms with van der Waals surface area (Å²) in [5.74, 6) is 2.29. The van der Waals surface area contributed by atoms with Gasteiger partial charge in [-0.1, -0.05) is 49.4 Å². The number of methoxy groups -OCH3 is 1. The van der Waals surface area contributed by atoms with Gasteiger partial charge in [-0.05, 0) is 34.3 Å². The van der Waals surface area contributed by atoms with Crippen LogP contribution in [0.1, 0.15) is 29.4 Å². The maximum absolute atomic E-state index is 13.5. The van der Waals surface area contributed by atoms with E-state index in [9.17, 15) is 4.79 Å². The van der Waals surface area contributed by atoms with E-state index in [1.165, 1.54) is 0 Å². The van der Waals surface area contributed by atoms with Crippen LogP contribution in [0.25, 0.3) is 21.9 Å². The Labute approximate surface area is 211 Å². The molecule has 0 aliphatic heterocycles. The number of rotatable bonds is 12. The zero-order valence-electron chi connectivity index (χ0n) is 20.8. The van der Waals surface area contributed by atoms with Crippen molar-refractivity contribution >= 4 is 28.4 Å². The Hall–Kier alpha value is -3.03. The minimum absolute atomic E-state index is 0.00571. The van der Waals surface area contributed by atoms with Crippen molar-refractivity contribution in [3.8, 4) is 11.1 Å². The molecule has 1 amide bonds. The molecule has 0 aliphatic carbocycles. The van der Waals surface area contributed by atoms with Gasteiger partial charge in [0, 0.05) is 51.4 Å². The first kappa shape index (κ1) is 25.1. The minimum atomic E-state index is -0.00571. The highest BCUT2D eigenvalue weighted by atomic mass is 32.2. The van der Waals surface area contributed by atoms with Gasteiger partial charge in [-0.15, -0.1) is 0 Å². The number of imidazole rings is 1. The minimum Gasteiger partial charge on any atom is -0.383 e. The Balaban J connectivity index is 1.68. The predicted molar refractivity (Wildman–Crippen MR) is 145 cm³/mol. The van der Waals surface area contributed by atoms with Gasteiger partial charge in [-0.2, -0.15) is 11.8 Å². The summed E-state index contributed by atoms with van der Waals surface area (Å²) in [5.41, 5.74) is 3.85. The molecule has 0 N–H and O–H groups in total. The molecule has 4 rings (SSSR count). The van der Waals surface area contributed by atoms with Crippen LogP contribution >= 0.6 is 11.8 Å². The smallest absolute Gasteiger partial charge is 0.255 e. The molecular weight excluding hydrogens is 456 g/mol. The first-order valence-electron chi connectivity index (χ1n) is 12.1. The van der Waals surface area contributed by atoms with E-state index in [1.807, 2.05) is 49.7 Å². The lowest BCUT2D eigenvalue weighted by Crippen LogP contribution is -2.30. The Morgan fingerprint density at radius 1 is 1.11 bits per heavy atom. The molecular formula is C28H34N4O2S. The van der Waals surface area contributed by atoms with Crippen LogP contribution in [0.4, 0.5) is 0 Å². The highest BCUT2D eigenvalue weighted by Gasteiger charge is 2.21. The lowest BCUT2D eigenvalue weighted by atomic mass is 9.97.